The van der Waals surface area contributed by atoms with E-state index in [0.29, 0.717) is 11.4 Å². The van der Waals surface area contributed by atoms with Crippen molar-refractivity contribution < 1.29 is 23.1 Å². The maximum atomic E-state index is 14.3. The Morgan fingerprint density at radius 3 is 2.27 bits per heavy atom. The Morgan fingerprint density at radius 2 is 1.76 bits per heavy atom. The van der Waals surface area contributed by atoms with Crippen molar-refractivity contribution in [3.8, 4) is 0 Å². The summed E-state index contributed by atoms with van der Waals surface area (Å²) in [4.78, 5) is 28.0. The van der Waals surface area contributed by atoms with Gasteiger partial charge in [0.25, 0.3) is 0 Å². The molecule has 1 heterocycles. The number of hydrogen-bond acceptors (Lipinski definition) is 4. The number of hydrogen-bond donors (Lipinski definition) is 1. The quantitative estimate of drug-likeness (QED) is 0.318. The van der Waals surface area contributed by atoms with Gasteiger partial charge in [-0.1, -0.05) is 56.6 Å². The van der Waals surface area contributed by atoms with Crippen molar-refractivity contribution in [2.75, 3.05) is 5.75 Å². The first-order valence-corrected chi connectivity index (χ1v) is 15.6. The molecule has 0 bridgehead atoms. The number of carboxylic acids is 1. The predicted octanol–water partition coefficient (Wildman–Crippen LogP) is 6.33. The summed E-state index contributed by atoms with van der Waals surface area (Å²) in [5.41, 5.74) is 0.552. The molecule has 1 N–H and O–H groups in total. The lowest BCUT2D eigenvalue weighted by molar-refractivity contribution is -0.161. The average molecular weight is 660 g/mol. The summed E-state index contributed by atoms with van der Waals surface area (Å²) >= 11 is 8.60. The predicted molar refractivity (Wildman–Crippen MR) is 155 cm³/mol. The van der Waals surface area contributed by atoms with Crippen molar-refractivity contribution in [3.05, 3.63) is 68.3 Å². The van der Waals surface area contributed by atoms with Gasteiger partial charge in [-0.25, -0.2) is 8.42 Å². The minimum atomic E-state index is -3.51. The van der Waals surface area contributed by atoms with Gasteiger partial charge in [0.15, 0.2) is 9.84 Å². The van der Waals surface area contributed by atoms with E-state index in [1.807, 2.05) is 56.3 Å². The minimum absolute atomic E-state index is 0.184. The van der Waals surface area contributed by atoms with E-state index in [4.69, 9.17) is 11.6 Å². The number of sulfone groups is 1. The van der Waals surface area contributed by atoms with E-state index in [1.54, 1.807) is 31.7 Å². The van der Waals surface area contributed by atoms with Crippen LogP contribution in [0.4, 0.5) is 0 Å². The smallest absolute Gasteiger partial charge is 0.304 e. The third-order valence-electron chi connectivity index (χ3n) is 7.38. The first kappa shape index (κ1) is 29.9. The molecule has 0 radical (unpaired) electrons. The van der Waals surface area contributed by atoms with Crippen LogP contribution in [0, 0.1) is 14.9 Å². The van der Waals surface area contributed by atoms with Gasteiger partial charge in [0.2, 0.25) is 5.91 Å². The second-order valence-corrected chi connectivity index (χ2v) is 15.2. The molecule has 0 unspecified atom stereocenters. The van der Waals surface area contributed by atoms with Crippen LogP contribution in [0.1, 0.15) is 70.5 Å². The van der Waals surface area contributed by atoms with Crippen molar-refractivity contribution in [2.24, 2.45) is 11.3 Å². The second kappa shape index (κ2) is 11.6. The maximum absolute atomic E-state index is 14.3. The number of benzene rings is 2. The Morgan fingerprint density at radius 1 is 1.14 bits per heavy atom. The zero-order chi connectivity index (χ0) is 27.7. The van der Waals surface area contributed by atoms with Crippen molar-refractivity contribution in [3.63, 3.8) is 0 Å². The number of piperidine rings is 1. The lowest BCUT2D eigenvalue weighted by Crippen LogP contribution is -2.59. The first-order valence-electron chi connectivity index (χ1n) is 12.4. The molecule has 1 aliphatic rings. The molecule has 1 saturated heterocycles. The molecule has 1 aliphatic heterocycles. The molecule has 202 valence electrons. The summed E-state index contributed by atoms with van der Waals surface area (Å²) in [5.74, 6) is -2.06. The van der Waals surface area contributed by atoms with E-state index in [9.17, 15) is 23.1 Å². The summed E-state index contributed by atoms with van der Waals surface area (Å²) in [6.45, 7) is 8.80. The van der Waals surface area contributed by atoms with Crippen LogP contribution in [-0.2, 0) is 19.4 Å². The maximum Gasteiger partial charge on any atom is 0.304 e. The minimum Gasteiger partial charge on any atom is -0.481 e. The Bertz CT molecular complexity index is 1250. The zero-order valence-electron chi connectivity index (χ0n) is 21.8. The van der Waals surface area contributed by atoms with Gasteiger partial charge >= 0.3 is 5.97 Å². The molecule has 2 aromatic carbocycles. The third-order valence-corrected chi connectivity index (χ3v) is 10.6. The SMILES string of the molecule is CC(C)[C@@H](CS(=O)(=O)C(C)C)N1C(=O)[C@@](C)(CC(=O)O)C[C@H](c2cccc(Cl)c2)[C@H]1c1ccc(I)cc1. The van der Waals surface area contributed by atoms with Crippen LogP contribution < -0.4 is 0 Å². The molecule has 6 nitrogen and oxygen atoms in total. The lowest BCUT2D eigenvalue weighted by Gasteiger charge is -2.52. The number of aliphatic carboxylic acids is 1. The van der Waals surface area contributed by atoms with E-state index < -0.39 is 38.6 Å². The molecule has 0 spiro atoms. The molecular weight excluding hydrogens is 625 g/mol. The molecule has 37 heavy (non-hydrogen) atoms. The number of likely N-dealkylation sites (tertiary alicyclic amines) is 1. The van der Waals surface area contributed by atoms with Gasteiger partial charge < -0.3 is 10.0 Å². The normalized spacial score (nSPS) is 23.5. The van der Waals surface area contributed by atoms with Gasteiger partial charge in [-0.15, -0.1) is 0 Å². The van der Waals surface area contributed by atoms with Crippen LogP contribution in [0.5, 0.6) is 0 Å². The monoisotopic (exact) mass is 659 g/mol. The fourth-order valence-corrected chi connectivity index (χ4v) is 7.23. The van der Waals surface area contributed by atoms with Crippen LogP contribution in [0.3, 0.4) is 0 Å². The highest BCUT2D eigenvalue weighted by molar-refractivity contribution is 14.1. The van der Waals surface area contributed by atoms with Gasteiger partial charge in [-0.3, -0.25) is 9.59 Å². The third kappa shape index (κ3) is 6.68. The Kier molecular flexibility index (Phi) is 9.39. The van der Waals surface area contributed by atoms with Gasteiger partial charge in [0.05, 0.1) is 28.9 Å². The molecule has 4 atom stereocenters. The molecule has 9 heteroatoms. The summed E-state index contributed by atoms with van der Waals surface area (Å²) in [5, 5.41) is 9.72. The van der Waals surface area contributed by atoms with Crippen molar-refractivity contribution in [2.45, 2.75) is 70.7 Å². The van der Waals surface area contributed by atoms with E-state index in [2.05, 4.69) is 22.6 Å². The van der Waals surface area contributed by atoms with Crippen LogP contribution >= 0.6 is 34.2 Å². The highest BCUT2D eigenvalue weighted by Crippen LogP contribution is 2.52. The fourth-order valence-electron chi connectivity index (χ4n) is 5.27. The number of halogens is 2. The largest absolute Gasteiger partial charge is 0.481 e. The van der Waals surface area contributed by atoms with Crippen LogP contribution in [0.2, 0.25) is 5.02 Å². The number of amides is 1. The van der Waals surface area contributed by atoms with Gasteiger partial charge in [-0.05, 0) is 84.2 Å². The van der Waals surface area contributed by atoms with Gasteiger partial charge in [0.1, 0.15) is 0 Å². The van der Waals surface area contributed by atoms with Crippen LogP contribution in [0.25, 0.3) is 0 Å². The van der Waals surface area contributed by atoms with Gasteiger partial charge in [-0.2, -0.15) is 0 Å². The number of carbonyl (C=O) groups excluding carboxylic acids is 1. The summed E-state index contributed by atoms with van der Waals surface area (Å²) < 4.78 is 27.4. The van der Waals surface area contributed by atoms with Crippen LogP contribution in [0.15, 0.2) is 48.5 Å². The van der Waals surface area contributed by atoms with Crippen molar-refractivity contribution in [1.82, 2.24) is 4.90 Å². The van der Waals surface area contributed by atoms with Gasteiger partial charge in [0, 0.05) is 20.6 Å². The Hall–Kier alpha value is -1.65. The van der Waals surface area contributed by atoms with Crippen molar-refractivity contribution in [1.29, 1.82) is 0 Å². The van der Waals surface area contributed by atoms with E-state index in [-0.39, 0.29) is 29.9 Å². The number of carbonyl (C=O) groups is 2. The fraction of sp³-hybridized carbons (Fsp3) is 0.500. The highest BCUT2D eigenvalue weighted by Gasteiger charge is 2.53. The molecule has 0 aliphatic carbocycles. The van der Waals surface area contributed by atoms with Crippen molar-refractivity contribution >= 4 is 55.9 Å². The van der Waals surface area contributed by atoms with Crippen LogP contribution in [-0.4, -0.2) is 47.3 Å². The Balaban J connectivity index is 2.30. The molecule has 0 saturated carbocycles. The standard InChI is InChI=1S/C28H35ClINO5S/c1-17(2)24(16-37(35,36)18(3)4)31-26(19-9-11-22(30)12-10-19)23(20-7-6-8-21(29)13-20)14-28(5,27(31)34)15-25(32)33/h6-13,17-18,23-24,26H,14-16H2,1-5H3,(H,32,33)/t23-,24-,26-,28-/m1/s1. The Labute approximate surface area is 238 Å². The molecule has 1 fully saturated rings. The number of rotatable bonds is 9. The summed E-state index contributed by atoms with van der Waals surface area (Å²) in [6, 6.07) is 14.2. The lowest BCUT2D eigenvalue weighted by atomic mass is 9.67. The second-order valence-electron chi connectivity index (χ2n) is 10.9. The summed E-state index contributed by atoms with van der Waals surface area (Å²) in [7, 11) is -3.51. The molecule has 3 rings (SSSR count). The number of carboxylic acid groups (broad SMARTS) is 1. The topological polar surface area (TPSA) is 91.8 Å². The number of nitrogens with zero attached hydrogens (tertiary/aromatic N) is 1. The zero-order valence-corrected chi connectivity index (χ0v) is 25.5. The summed E-state index contributed by atoms with van der Waals surface area (Å²) in [6.07, 6.45) is -0.0477. The average Bonchev–Trinajstić information content (AvgIpc) is 2.79. The molecule has 2 aromatic rings. The molecule has 0 aromatic heterocycles. The van der Waals surface area contributed by atoms with E-state index in [1.165, 1.54) is 0 Å². The van der Waals surface area contributed by atoms with E-state index >= 15 is 0 Å². The first-order chi connectivity index (χ1) is 17.2. The molecule has 1 amide bonds. The molecular formula is C28H35ClINO5S. The highest BCUT2D eigenvalue weighted by atomic mass is 127. The van der Waals surface area contributed by atoms with E-state index in [0.717, 1.165) is 14.7 Å².